The molecular weight excluding hydrogens is 242 g/mol. The molecule has 3 aromatic rings. The average molecular weight is 262 g/mol. The van der Waals surface area contributed by atoms with Crippen LogP contribution in [0.25, 0.3) is 10.8 Å². The molecule has 100 valence electrons. The van der Waals surface area contributed by atoms with Gasteiger partial charge < -0.3 is 0 Å². The molecule has 0 saturated carbocycles. The van der Waals surface area contributed by atoms with Crippen molar-refractivity contribution < 1.29 is 4.57 Å². The van der Waals surface area contributed by atoms with Gasteiger partial charge in [0, 0.05) is 17.0 Å². The van der Waals surface area contributed by atoms with E-state index in [0.29, 0.717) is 5.92 Å². The predicted octanol–water partition coefficient (Wildman–Crippen LogP) is 4.30. The molecule has 0 atom stereocenters. The van der Waals surface area contributed by atoms with Crippen LogP contribution in [0.4, 0.5) is 0 Å². The number of hydrogen-bond acceptors (Lipinski definition) is 0. The smallest absolute Gasteiger partial charge is 0.176 e. The molecule has 1 nitrogen and oxygen atoms in total. The summed E-state index contributed by atoms with van der Waals surface area (Å²) in [4.78, 5) is 0. The van der Waals surface area contributed by atoms with Gasteiger partial charge in [-0.15, -0.1) is 0 Å². The van der Waals surface area contributed by atoms with E-state index in [9.17, 15) is 0 Å². The summed E-state index contributed by atoms with van der Waals surface area (Å²) in [7, 11) is 0. The van der Waals surface area contributed by atoms with Crippen LogP contribution in [0.2, 0.25) is 0 Å². The molecule has 0 radical (unpaired) electrons. The Balaban J connectivity index is 1.85. The fourth-order valence-electron chi connectivity index (χ4n) is 2.50. The Labute approximate surface area is 120 Å². The van der Waals surface area contributed by atoms with E-state index in [1.165, 1.54) is 21.9 Å². The summed E-state index contributed by atoms with van der Waals surface area (Å²) in [5.74, 6) is 0.595. The molecule has 1 heteroatoms. The summed E-state index contributed by atoms with van der Waals surface area (Å²) in [6.07, 6.45) is 4.37. The summed E-state index contributed by atoms with van der Waals surface area (Å²) in [5, 5.41) is 2.58. The van der Waals surface area contributed by atoms with Crippen LogP contribution in [-0.2, 0) is 6.54 Å². The van der Waals surface area contributed by atoms with E-state index in [2.05, 4.69) is 85.4 Å². The molecule has 0 N–H and O–H groups in total. The number of nitrogens with zero attached hydrogens (tertiary/aromatic N) is 1. The summed E-state index contributed by atoms with van der Waals surface area (Å²) < 4.78 is 2.24. The molecule has 0 saturated heterocycles. The van der Waals surface area contributed by atoms with E-state index in [4.69, 9.17) is 0 Å². The minimum atomic E-state index is 0.595. The van der Waals surface area contributed by atoms with Gasteiger partial charge in [0.2, 0.25) is 0 Å². The van der Waals surface area contributed by atoms with Crippen molar-refractivity contribution >= 4 is 10.8 Å². The van der Waals surface area contributed by atoms with Gasteiger partial charge in [0.15, 0.2) is 18.9 Å². The minimum Gasteiger partial charge on any atom is -0.200 e. The number of fused-ring (bicyclic) bond motifs is 1. The first-order valence-corrected chi connectivity index (χ1v) is 7.19. The van der Waals surface area contributed by atoms with Crippen LogP contribution in [0.15, 0.2) is 67.0 Å². The van der Waals surface area contributed by atoms with Crippen molar-refractivity contribution in [3.05, 3.63) is 78.1 Å². The average Bonchev–Trinajstić information content (AvgIpc) is 2.48. The van der Waals surface area contributed by atoms with Crippen LogP contribution >= 0.6 is 0 Å². The molecule has 20 heavy (non-hydrogen) atoms. The summed E-state index contributed by atoms with van der Waals surface area (Å²) in [6.45, 7) is 5.38. The van der Waals surface area contributed by atoms with Gasteiger partial charge in [-0.2, -0.15) is 0 Å². The van der Waals surface area contributed by atoms with E-state index in [0.717, 1.165) is 6.54 Å². The molecule has 0 fully saturated rings. The first-order chi connectivity index (χ1) is 9.72. The second kappa shape index (κ2) is 5.46. The molecule has 0 aliphatic carbocycles. The van der Waals surface area contributed by atoms with E-state index < -0.39 is 0 Å². The largest absolute Gasteiger partial charge is 0.200 e. The topological polar surface area (TPSA) is 3.88 Å². The lowest BCUT2D eigenvalue weighted by Crippen LogP contribution is -2.33. The molecule has 0 aliphatic rings. The fourth-order valence-corrected chi connectivity index (χ4v) is 2.50. The highest BCUT2D eigenvalue weighted by Gasteiger charge is 2.05. The Hall–Kier alpha value is -2.15. The zero-order valence-corrected chi connectivity index (χ0v) is 12.1. The predicted molar refractivity (Wildman–Crippen MR) is 83.8 cm³/mol. The summed E-state index contributed by atoms with van der Waals surface area (Å²) in [5.41, 5.74) is 2.74. The van der Waals surface area contributed by atoms with Crippen LogP contribution < -0.4 is 4.57 Å². The second-order valence-corrected chi connectivity index (χ2v) is 5.64. The van der Waals surface area contributed by atoms with E-state index >= 15 is 0 Å². The number of hydrogen-bond donors (Lipinski definition) is 0. The maximum atomic E-state index is 2.24. The molecule has 3 rings (SSSR count). The highest BCUT2D eigenvalue weighted by atomic mass is 14.9. The van der Waals surface area contributed by atoms with E-state index in [1.54, 1.807) is 0 Å². The third-order valence-corrected chi connectivity index (χ3v) is 3.76. The molecule has 2 aromatic carbocycles. The molecular formula is C19H20N+. The van der Waals surface area contributed by atoms with Crippen molar-refractivity contribution in [2.45, 2.75) is 26.3 Å². The maximum absolute atomic E-state index is 2.24. The highest BCUT2D eigenvalue weighted by Crippen LogP contribution is 2.15. The standard InChI is InChI=1S/C19H20N/c1-15(2)17-9-7-16(8-10-17)13-20-12-11-18-5-3-4-6-19(18)14-20/h3-12,14-15H,13H2,1-2H3/q+1. The Morgan fingerprint density at radius 3 is 2.25 bits per heavy atom. The van der Waals surface area contributed by atoms with Crippen LogP contribution in [0, 0.1) is 0 Å². The van der Waals surface area contributed by atoms with Crippen molar-refractivity contribution in [1.82, 2.24) is 0 Å². The lowest BCUT2D eigenvalue weighted by molar-refractivity contribution is -0.687. The van der Waals surface area contributed by atoms with Gasteiger partial charge in [-0.05, 0) is 22.9 Å². The molecule has 0 aliphatic heterocycles. The summed E-state index contributed by atoms with van der Waals surface area (Å²) in [6, 6.07) is 19.6. The van der Waals surface area contributed by atoms with Crippen LogP contribution in [0.1, 0.15) is 30.9 Å². The zero-order valence-electron chi connectivity index (χ0n) is 12.1. The van der Waals surface area contributed by atoms with Gasteiger partial charge >= 0.3 is 0 Å². The van der Waals surface area contributed by atoms with Crippen molar-refractivity contribution in [3.63, 3.8) is 0 Å². The van der Waals surface area contributed by atoms with Crippen LogP contribution in [0.5, 0.6) is 0 Å². The number of pyridine rings is 1. The lowest BCUT2D eigenvalue weighted by atomic mass is 10.0. The van der Waals surface area contributed by atoms with Gasteiger partial charge in [-0.3, -0.25) is 0 Å². The van der Waals surface area contributed by atoms with Crippen LogP contribution in [-0.4, -0.2) is 0 Å². The van der Waals surface area contributed by atoms with Gasteiger partial charge in [0.1, 0.15) is 0 Å². The fraction of sp³-hybridized carbons (Fsp3) is 0.211. The van der Waals surface area contributed by atoms with Crippen LogP contribution in [0.3, 0.4) is 0 Å². The number of benzene rings is 2. The van der Waals surface area contributed by atoms with E-state index in [-0.39, 0.29) is 0 Å². The van der Waals surface area contributed by atoms with Crippen molar-refractivity contribution in [3.8, 4) is 0 Å². The summed E-state index contributed by atoms with van der Waals surface area (Å²) >= 11 is 0. The Morgan fingerprint density at radius 2 is 1.55 bits per heavy atom. The van der Waals surface area contributed by atoms with Crippen molar-refractivity contribution in [2.24, 2.45) is 0 Å². The number of rotatable bonds is 3. The molecule has 0 bridgehead atoms. The molecule has 0 unspecified atom stereocenters. The van der Waals surface area contributed by atoms with Gasteiger partial charge in [0.05, 0.1) is 0 Å². The van der Waals surface area contributed by atoms with E-state index in [1.807, 2.05) is 0 Å². The third kappa shape index (κ3) is 2.72. The van der Waals surface area contributed by atoms with Crippen molar-refractivity contribution in [1.29, 1.82) is 0 Å². The Bertz CT molecular complexity index is 711. The minimum absolute atomic E-state index is 0.595. The molecule has 0 amide bonds. The van der Waals surface area contributed by atoms with Gasteiger partial charge in [-0.25, -0.2) is 4.57 Å². The first-order valence-electron chi connectivity index (χ1n) is 7.19. The monoisotopic (exact) mass is 262 g/mol. The van der Waals surface area contributed by atoms with Gasteiger partial charge in [-0.1, -0.05) is 56.3 Å². The quantitative estimate of drug-likeness (QED) is 0.620. The second-order valence-electron chi connectivity index (χ2n) is 5.64. The maximum Gasteiger partial charge on any atom is 0.176 e. The molecule has 0 spiro atoms. The zero-order chi connectivity index (χ0) is 13.9. The third-order valence-electron chi connectivity index (χ3n) is 3.76. The van der Waals surface area contributed by atoms with Gasteiger partial charge in [0.25, 0.3) is 0 Å². The lowest BCUT2D eigenvalue weighted by Gasteiger charge is -2.05. The normalized spacial score (nSPS) is 11.2. The Morgan fingerprint density at radius 1 is 0.850 bits per heavy atom. The molecule has 1 heterocycles. The first kappa shape index (κ1) is 12.9. The van der Waals surface area contributed by atoms with Crippen molar-refractivity contribution in [2.75, 3.05) is 0 Å². The highest BCUT2D eigenvalue weighted by molar-refractivity contribution is 5.80. The SMILES string of the molecule is CC(C)c1ccc(C[n+]2ccc3ccccc3c2)cc1. The Kier molecular flexibility index (Phi) is 3.51. The number of aromatic nitrogens is 1. The molecule has 1 aromatic heterocycles.